The van der Waals surface area contributed by atoms with Crippen molar-refractivity contribution in [1.82, 2.24) is 15.5 Å². The Balaban J connectivity index is 0. The van der Waals surface area contributed by atoms with Gasteiger partial charge >= 0.3 is 5.97 Å². The van der Waals surface area contributed by atoms with E-state index in [0.29, 0.717) is 13.1 Å². The maximum Gasteiger partial charge on any atom is 0.305 e. The van der Waals surface area contributed by atoms with Gasteiger partial charge in [-0.25, -0.2) is 0 Å². The predicted molar refractivity (Wildman–Crippen MR) is 72.8 cm³/mol. The SMILES string of the molecule is CC.CC(=O)NC(CC(=O)O)C(=O)NCCN(C)C. The molecular formula is C12H25N3O4. The first-order chi connectivity index (χ1) is 8.82. The Labute approximate surface area is 114 Å². The van der Waals surface area contributed by atoms with Gasteiger partial charge < -0.3 is 20.6 Å². The molecule has 0 saturated carbocycles. The lowest BCUT2D eigenvalue weighted by atomic mass is 10.2. The van der Waals surface area contributed by atoms with E-state index in [-0.39, 0.29) is 0 Å². The molecule has 0 aromatic carbocycles. The summed E-state index contributed by atoms with van der Waals surface area (Å²) in [5.41, 5.74) is 0. The molecule has 3 N–H and O–H groups in total. The molecule has 7 nitrogen and oxygen atoms in total. The molecule has 7 heteroatoms. The van der Waals surface area contributed by atoms with Gasteiger partial charge in [0.15, 0.2) is 0 Å². The lowest BCUT2D eigenvalue weighted by molar-refractivity contribution is -0.140. The second kappa shape index (κ2) is 11.5. The Hall–Kier alpha value is -1.63. The number of nitrogens with zero attached hydrogens (tertiary/aromatic N) is 1. The number of carboxylic acid groups (broad SMARTS) is 1. The van der Waals surface area contributed by atoms with Crippen LogP contribution >= 0.6 is 0 Å². The van der Waals surface area contributed by atoms with E-state index >= 15 is 0 Å². The molecule has 0 saturated heterocycles. The van der Waals surface area contributed by atoms with E-state index in [1.165, 1.54) is 6.92 Å². The number of carbonyl (C=O) groups is 3. The van der Waals surface area contributed by atoms with Crippen molar-refractivity contribution in [3.05, 3.63) is 0 Å². The lowest BCUT2D eigenvalue weighted by Gasteiger charge is -2.16. The van der Waals surface area contributed by atoms with Gasteiger partial charge in [-0.2, -0.15) is 0 Å². The molecule has 0 aliphatic rings. The maximum absolute atomic E-state index is 11.6. The van der Waals surface area contributed by atoms with Crippen molar-refractivity contribution in [2.24, 2.45) is 0 Å². The van der Waals surface area contributed by atoms with Crippen LogP contribution in [0.3, 0.4) is 0 Å². The fourth-order valence-corrected chi connectivity index (χ4v) is 1.16. The number of amides is 2. The van der Waals surface area contributed by atoms with E-state index in [4.69, 9.17) is 5.11 Å². The molecule has 0 aromatic rings. The van der Waals surface area contributed by atoms with Gasteiger partial charge in [0.25, 0.3) is 0 Å². The lowest BCUT2D eigenvalue weighted by Crippen LogP contribution is -2.48. The zero-order valence-electron chi connectivity index (χ0n) is 12.3. The molecule has 0 bridgehead atoms. The van der Waals surface area contributed by atoms with Crippen molar-refractivity contribution < 1.29 is 19.5 Å². The highest BCUT2D eigenvalue weighted by atomic mass is 16.4. The molecule has 0 fully saturated rings. The van der Waals surface area contributed by atoms with Crippen LogP contribution < -0.4 is 10.6 Å². The second-order valence-corrected chi connectivity index (χ2v) is 3.95. The van der Waals surface area contributed by atoms with Crippen molar-refractivity contribution in [3.8, 4) is 0 Å². The number of rotatable bonds is 7. The Kier molecular flexibility index (Phi) is 11.9. The summed E-state index contributed by atoms with van der Waals surface area (Å²) >= 11 is 0. The largest absolute Gasteiger partial charge is 0.481 e. The quantitative estimate of drug-likeness (QED) is 0.591. The molecule has 0 aliphatic heterocycles. The number of carboxylic acids is 1. The molecule has 0 rings (SSSR count). The first-order valence-electron chi connectivity index (χ1n) is 6.24. The van der Waals surface area contributed by atoms with Crippen molar-refractivity contribution in [1.29, 1.82) is 0 Å². The molecule has 0 aliphatic carbocycles. The van der Waals surface area contributed by atoms with Crippen LogP contribution in [0.15, 0.2) is 0 Å². The first kappa shape index (κ1) is 19.7. The van der Waals surface area contributed by atoms with Crippen molar-refractivity contribution in [2.45, 2.75) is 33.2 Å². The van der Waals surface area contributed by atoms with Gasteiger partial charge in [-0.05, 0) is 14.1 Å². The summed E-state index contributed by atoms with van der Waals surface area (Å²) in [5.74, 6) is -2.05. The van der Waals surface area contributed by atoms with Gasteiger partial charge in [0.05, 0.1) is 6.42 Å². The zero-order valence-corrected chi connectivity index (χ0v) is 12.3. The molecule has 0 heterocycles. The van der Waals surface area contributed by atoms with Crippen LogP contribution in [0.2, 0.25) is 0 Å². The molecule has 112 valence electrons. The standard InChI is InChI=1S/C10H19N3O4.C2H6/c1-7(14)12-8(6-9(15)16)10(17)11-4-5-13(2)3;1-2/h8H,4-6H2,1-3H3,(H,11,17)(H,12,14)(H,15,16);1-2H3. The first-order valence-corrected chi connectivity index (χ1v) is 6.24. The Morgan fingerprint density at radius 3 is 2.11 bits per heavy atom. The van der Waals surface area contributed by atoms with Gasteiger partial charge in [-0.15, -0.1) is 0 Å². The van der Waals surface area contributed by atoms with E-state index in [0.717, 1.165) is 0 Å². The molecule has 2 amide bonds. The smallest absolute Gasteiger partial charge is 0.305 e. The Bertz CT molecular complexity index is 277. The van der Waals surface area contributed by atoms with Crippen LogP contribution in [0.5, 0.6) is 0 Å². The van der Waals surface area contributed by atoms with E-state index in [2.05, 4.69) is 10.6 Å². The third-order valence-electron chi connectivity index (χ3n) is 1.93. The second-order valence-electron chi connectivity index (χ2n) is 3.95. The monoisotopic (exact) mass is 275 g/mol. The highest BCUT2D eigenvalue weighted by molar-refractivity contribution is 5.90. The highest BCUT2D eigenvalue weighted by Gasteiger charge is 2.21. The normalized spacial score (nSPS) is 11.1. The number of nitrogens with one attached hydrogen (secondary N) is 2. The van der Waals surface area contributed by atoms with Gasteiger partial charge in [-0.3, -0.25) is 14.4 Å². The third-order valence-corrected chi connectivity index (χ3v) is 1.93. The summed E-state index contributed by atoms with van der Waals surface area (Å²) < 4.78 is 0. The van der Waals surface area contributed by atoms with Crippen molar-refractivity contribution in [2.75, 3.05) is 27.2 Å². The van der Waals surface area contributed by atoms with Crippen LogP contribution in [-0.2, 0) is 14.4 Å². The van der Waals surface area contributed by atoms with Crippen molar-refractivity contribution in [3.63, 3.8) is 0 Å². The van der Waals surface area contributed by atoms with E-state index in [1.807, 2.05) is 32.8 Å². The molecule has 1 unspecified atom stereocenters. The number of hydrogen-bond acceptors (Lipinski definition) is 4. The van der Waals surface area contributed by atoms with Gasteiger partial charge in [-0.1, -0.05) is 13.8 Å². The number of likely N-dealkylation sites (N-methyl/N-ethyl adjacent to an activating group) is 1. The molecule has 0 aromatic heterocycles. The minimum atomic E-state index is -1.13. The van der Waals surface area contributed by atoms with Gasteiger partial charge in [0.1, 0.15) is 6.04 Å². The summed E-state index contributed by atoms with van der Waals surface area (Å²) in [6.07, 6.45) is -0.423. The zero-order chi connectivity index (χ0) is 15.4. The van der Waals surface area contributed by atoms with Crippen LogP contribution in [0.4, 0.5) is 0 Å². The van der Waals surface area contributed by atoms with Crippen molar-refractivity contribution >= 4 is 17.8 Å². The average molecular weight is 275 g/mol. The highest BCUT2D eigenvalue weighted by Crippen LogP contribution is 1.93. The number of carbonyl (C=O) groups excluding carboxylic acids is 2. The van der Waals surface area contributed by atoms with Gasteiger partial charge in [0, 0.05) is 20.0 Å². The summed E-state index contributed by atoms with van der Waals surface area (Å²) in [6.45, 7) is 6.29. The Morgan fingerprint density at radius 1 is 1.21 bits per heavy atom. The minimum absolute atomic E-state index is 0.404. The van der Waals surface area contributed by atoms with E-state index in [1.54, 1.807) is 0 Å². The summed E-state index contributed by atoms with van der Waals surface area (Å²) in [5, 5.41) is 13.5. The number of hydrogen-bond donors (Lipinski definition) is 3. The molecule has 0 spiro atoms. The molecule has 19 heavy (non-hydrogen) atoms. The van der Waals surface area contributed by atoms with Crippen LogP contribution in [0, 0.1) is 0 Å². The predicted octanol–water partition coefficient (Wildman–Crippen LogP) is -0.330. The van der Waals surface area contributed by atoms with Crippen LogP contribution in [0.25, 0.3) is 0 Å². The third kappa shape index (κ3) is 12.6. The fraction of sp³-hybridized carbons (Fsp3) is 0.750. The Morgan fingerprint density at radius 2 is 1.74 bits per heavy atom. The van der Waals surface area contributed by atoms with E-state index < -0.39 is 30.2 Å². The minimum Gasteiger partial charge on any atom is -0.481 e. The van der Waals surface area contributed by atoms with Crippen LogP contribution in [-0.4, -0.2) is 61.0 Å². The number of aliphatic carboxylic acids is 1. The molecule has 0 radical (unpaired) electrons. The topological polar surface area (TPSA) is 98.7 Å². The average Bonchev–Trinajstić information content (AvgIpc) is 2.29. The fourth-order valence-electron chi connectivity index (χ4n) is 1.16. The molecule has 1 atom stereocenters. The summed E-state index contributed by atoms with van der Waals surface area (Å²) in [7, 11) is 3.71. The van der Waals surface area contributed by atoms with E-state index in [9.17, 15) is 14.4 Å². The maximum atomic E-state index is 11.6. The summed E-state index contributed by atoms with van der Waals surface area (Å²) in [4.78, 5) is 34.8. The van der Waals surface area contributed by atoms with Gasteiger partial charge in [0.2, 0.25) is 11.8 Å². The van der Waals surface area contributed by atoms with Crippen LogP contribution in [0.1, 0.15) is 27.2 Å². The molecular weight excluding hydrogens is 250 g/mol. The summed E-state index contributed by atoms with van der Waals surface area (Å²) in [6, 6.07) is -1.02.